The minimum Gasteiger partial charge on any atom is -0.467 e. The second kappa shape index (κ2) is 8.12. The second-order valence-electron chi connectivity index (χ2n) is 5.75. The normalized spacial score (nSPS) is 20.6. The summed E-state index contributed by atoms with van der Waals surface area (Å²) in [6, 6.07) is 4.00. The summed E-state index contributed by atoms with van der Waals surface area (Å²) in [5.74, 6) is -0.338. The summed E-state index contributed by atoms with van der Waals surface area (Å²) < 4.78 is 42.9. The molecule has 1 aromatic rings. The number of carbonyl (C=O) groups is 2. The molecule has 2 atom stereocenters. The summed E-state index contributed by atoms with van der Waals surface area (Å²) in [6.07, 6.45) is -2.59. The van der Waals surface area contributed by atoms with E-state index in [0.717, 1.165) is 18.6 Å². The Morgan fingerprint density at radius 3 is 2.44 bits per heavy atom. The van der Waals surface area contributed by atoms with Crippen LogP contribution in [0.3, 0.4) is 0 Å². The van der Waals surface area contributed by atoms with Crippen molar-refractivity contribution in [2.45, 2.75) is 43.8 Å². The average molecular weight is 375 g/mol. The van der Waals surface area contributed by atoms with E-state index in [0.29, 0.717) is 24.2 Å². The quantitative estimate of drug-likeness (QED) is 0.730. The highest BCUT2D eigenvalue weighted by molar-refractivity contribution is 7.99. The number of carbonyl (C=O) groups excluding carboxylic acids is 2. The molecule has 0 aromatic heterocycles. The van der Waals surface area contributed by atoms with Gasteiger partial charge in [0.15, 0.2) is 0 Å². The van der Waals surface area contributed by atoms with Gasteiger partial charge in [0, 0.05) is 12.2 Å². The van der Waals surface area contributed by atoms with Crippen LogP contribution in [-0.2, 0) is 20.5 Å². The van der Waals surface area contributed by atoms with Gasteiger partial charge < -0.3 is 9.64 Å². The summed E-state index contributed by atoms with van der Waals surface area (Å²) in [5.41, 5.74) is -0.179. The van der Waals surface area contributed by atoms with Crippen LogP contribution in [0.5, 0.6) is 0 Å². The van der Waals surface area contributed by atoms with E-state index in [2.05, 4.69) is 0 Å². The molecule has 2 unspecified atom stereocenters. The van der Waals surface area contributed by atoms with Crippen molar-refractivity contribution >= 4 is 23.6 Å². The van der Waals surface area contributed by atoms with Gasteiger partial charge in [-0.15, -0.1) is 11.8 Å². The number of nitrogens with zero attached hydrogens (tertiary/aromatic N) is 1. The molecule has 0 radical (unpaired) electrons. The Morgan fingerprint density at radius 2 is 1.92 bits per heavy atom. The van der Waals surface area contributed by atoms with Crippen molar-refractivity contribution < 1.29 is 27.5 Å². The highest BCUT2D eigenvalue weighted by atomic mass is 32.2. The number of thioether (sulfide) groups is 1. The largest absolute Gasteiger partial charge is 0.467 e. The van der Waals surface area contributed by atoms with E-state index in [1.807, 2.05) is 6.92 Å². The predicted octanol–water partition coefficient (Wildman–Crippen LogP) is 4.01. The van der Waals surface area contributed by atoms with E-state index in [4.69, 9.17) is 4.74 Å². The molecule has 0 aliphatic carbocycles. The average Bonchev–Trinajstić information content (AvgIpc) is 3.03. The number of unbranched alkanes of at least 4 members (excludes halogenated alkanes) is 1. The zero-order chi connectivity index (χ0) is 18.6. The molecule has 1 fully saturated rings. The van der Waals surface area contributed by atoms with Crippen LogP contribution in [0, 0.1) is 0 Å². The lowest BCUT2D eigenvalue weighted by atomic mass is 10.1. The van der Waals surface area contributed by atoms with Crippen LogP contribution < -0.4 is 0 Å². The third kappa shape index (κ3) is 4.48. The van der Waals surface area contributed by atoms with Gasteiger partial charge in [-0.05, 0) is 24.1 Å². The topological polar surface area (TPSA) is 46.6 Å². The Morgan fingerprint density at radius 1 is 1.28 bits per heavy atom. The molecule has 0 saturated carbocycles. The van der Waals surface area contributed by atoms with Crippen molar-refractivity contribution in [2.75, 3.05) is 12.9 Å². The maximum Gasteiger partial charge on any atom is 0.416 e. The summed E-state index contributed by atoms with van der Waals surface area (Å²) in [4.78, 5) is 26.0. The standard InChI is InChI=1S/C17H20F3NO3S/c1-3-4-5-14(22)21-13(16(23)24-2)10-25-15(21)11-6-8-12(9-7-11)17(18,19)20/h6-9,13,15H,3-5,10H2,1-2H3. The highest BCUT2D eigenvalue weighted by Gasteiger charge is 2.42. The number of esters is 1. The van der Waals surface area contributed by atoms with E-state index < -0.39 is 29.1 Å². The maximum absolute atomic E-state index is 12.7. The Hall–Kier alpha value is -1.70. The minimum atomic E-state index is -4.41. The van der Waals surface area contributed by atoms with Crippen LogP contribution in [0.15, 0.2) is 24.3 Å². The van der Waals surface area contributed by atoms with Crippen molar-refractivity contribution in [1.29, 1.82) is 0 Å². The first kappa shape index (κ1) is 19.6. The molecule has 25 heavy (non-hydrogen) atoms. The molecule has 1 saturated heterocycles. The van der Waals surface area contributed by atoms with Gasteiger partial charge in [-0.3, -0.25) is 4.79 Å². The second-order valence-corrected chi connectivity index (χ2v) is 6.86. The van der Waals surface area contributed by atoms with E-state index in [1.54, 1.807) is 0 Å². The van der Waals surface area contributed by atoms with Gasteiger partial charge in [-0.2, -0.15) is 13.2 Å². The Kier molecular flexibility index (Phi) is 6.37. The number of benzene rings is 1. The molecule has 2 rings (SSSR count). The number of rotatable bonds is 5. The summed E-state index contributed by atoms with van der Waals surface area (Å²) >= 11 is 1.35. The van der Waals surface area contributed by atoms with Crippen LogP contribution in [-0.4, -0.2) is 35.7 Å². The molecule has 1 heterocycles. The van der Waals surface area contributed by atoms with Gasteiger partial charge in [0.05, 0.1) is 12.7 Å². The molecule has 0 N–H and O–H groups in total. The fourth-order valence-electron chi connectivity index (χ4n) is 2.68. The van der Waals surface area contributed by atoms with E-state index in [1.165, 1.54) is 35.9 Å². The van der Waals surface area contributed by atoms with Crippen LogP contribution in [0.2, 0.25) is 0 Å². The number of halogens is 3. The lowest BCUT2D eigenvalue weighted by Gasteiger charge is -2.28. The molecular weight excluding hydrogens is 355 g/mol. The first-order valence-electron chi connectivity index (χ1n) is 7.97. The molecule has 1 aromatic carbocycles. The van der Waals surface area contributed by atoms with Crippen LogP contribution in [0.1, 0.15) is 42.7 Å². The van der Waals surface area contributed by atoms with Crippen molar-refractivity contribution in [1.82, 2.24) is 4.90 Å². The van der Waals surface area contributed by atoms with Crippen molar-refractivity contribution in [2.24, 2.45) is 0 Å². The number of ether oxygens (including phenoxy) is 1. The van der Waals surface area contributed by atoms with Crippen LogP contribution >= 0.6 is 11.8 Å². The number of methoxy groups -OCH3 is 1. The lowest BCUT2D eigenvalue weighted by molar-refractivity contribution is -0.151. The molecule has 0 bridgehead atoms. The summed E-state index contributed by atoms with van der Waals surface area (Å²) in [6.45, 7) is 1.96. The van der Waals surface area contributed by atoms with Crippen molar-refractivity contribution in [3.8, 4) is 0 Å². The summed E-state index contributed by atoms with van der Waals surface area (Å²) in [7, 11) is 1.26. The maximum atomic E-state index is 12.7. The fourth-order valence-corrected chi connectivity index (χ4v) is 4.12. The summed E-state index contributed by atoms with van der Waals surface area (Å²) in [5, 5.41) is -0.490. The minimum absolute atomic E-state index is 0.188. The van der Waals surface area contributed by atoms with Gasteiger partial charge in [0.2, 0.25) is 5.91 Å². The number of hydrogen-bond donors (Lipinski definition) is 0. The monoisotopic (exact) mass is 375 g/mol. The smallest absolute Gasteiger partial charge is 0.416 e. The van der Waals surface area contributed by atoms with Crippen LogP contribution in [0.25, 0.3) is 0 Å². The third-order valence-electron chi connectivity index (χ3n) is 4.03. The number of amides is 1. The highest BCUT2D eigenvalue weighted by Crippen LogP contribution is 2.43. The first-order valence-corrected chi connectivity index (χ1v) is 9.02. The molecule has 0 spiro atoms. The van der Waals surface area contributed by atoms with Gasteiger partial charge in [0.25, 0.3) is 0 Å². The first-order chi connectivity index (χ1) is 11.8. The number of hydrogen-bond acceptors (Lipinski definition) is 4. The predicted molar refractivity (Wildman–Crippen MR) is 88.8 cm³/mol. The zero-order valence-electron chi connectivity index (χ0n) is 14.0. The van der Waals surface area contributed by atoms with Crippen LogP contribution in [0.4, 0.5) is 13.2 Å². The van der Waals surface area contributed by atoms with E-state index >= 15 is 0 Å². The third-order valence-corrected chi connectivity index (χ3v) is 5.35. The number of alkyl halides is 3. The van der Waals surface area contributed by atoms with Crippen molar-refractivity contribution in [3.63, 3.8) is 0 Å². The van der Waals surface area contributed by atoms with Gasteiger partial charge in [-0.1, -0.05) is 25.5 Å². The molecule has 1 aliphatic heterocycles. The molecular formula is C17H20F3NO3S. The Bertz CT molecular complexity index is 619. The van der Waals surface area contributed by atoms with E-state index in [9.17, 15) is 22.8 Å². The molecule has 4 nitrogen and oxygen atoms in total. The Labute approximate surface area is 148 Å². The zero-order valence-corrected chi connectivity index (χ0v) is 14.8. The molecule has 1 amide bonds. The van der Waals surface area contributed by atoms with Gasteiger partial charge in [0.1, 0.15) is 11.4 Å². The van der Waals surface area contributed by atoms with E-state index in [-0.39, 0.29) is 5.91 Å². The Balaban J connectivity index is 2.27. The van der Waals surface area contributed by atoms with Gasteiger partial charge in [-0.25, -0.2) is 4.79 Å². The fraction of sp³-hybridized carbons (Fsp3) is 0.529. The molecule has 8 heteroatoms. The van der Waals surface area contributed by atoms with Gasteiger partial charge >= 0.3 is 12.1 Å². The molecule has 138 valence electrons. The SMILES string of the molecule is CCCCC(=O)N1C(C(=O)OC)CSC1c1ccc(C(F)(F)F)cc1. The molecule has 1 aliphatic rings. The van der Waals surface area contributed by atoms with Crippen molar-refractivity contribution in [3.05, 3.63) is 35.4 Å². The lowest BCUT2D eigenvalue weighted by Crippen LogP contribution is -2.43.